The number of nitrogens with one attached hydrogen (secondary N) is 1. The summed E-state index contributed by atoms with van der Waals surface area (Å²) >= 11 is 0. The summed E-state index contributed by atoms with van der Waals surface area (Å²) in [6.45, 7) is 9.50. The van der Waals surface area contributed by atoms with Gasteiger partial charge in [-0.3, -0.25) is 4.99 Å². The van der Waals surface area contributed by atoms with Gasteiger partial charge in [0.25, 0.3) is 0 Å². The van der Waals surface area contributed by atoms with Crippen LogP contribution in [0, 0.1) is 6.92 Å². The molecule has 3 aliphatic rings. The van der Waals surface area contributed by atoms with Crippen molar-refractivity contribution in [1.29, 1.82) is 0 Å². The van der Waals surface area contributed by atoms with Crippen LogP contribution in [0.1, 0.15) is 43.7 Å². The van der Waals surface area contributed by atoms with E-state index in [0.717, 1.165) is 58.2 Å². The number of benzene rings is 1. The maximum atomic E-state index is 6.01. The molecular weight excluding hydrogens is 338 g/mol. The van der Waals surface area contributed by atoms with Crippen LogP contribution in [0.4, 0.5) is 0 Å². The SMILES string of the molecule is CCNC(=NCC1(c2ccccc2C)CC1)N1CCOC(C2CCCO2)C1. The molecule has 1 aromatic rings. The maximum Gasteiger partial charge on any atom is 0.194 e. The van der Waals surface area contributed by atoms with Crippen LogP contribution >= 0.6 is 0 Å². The number of guanidine groups is 1. The first-order valence-corrected chi connectivity index (χ1v) is 10.5. The van der Waals surface area contributed by atoms with Gasteiger partial charge < -0.3 is 19.7 Å². The van der Waals surface area contributed by atoms with E-state index < -0.39 is 0 Å². The molecule has 0 radical (unpaired) electrons. The maximum absolute atomic E-state index is 6.01. The number of aryl methyl sites for hydroxylation is 1. The highest BCUT2D eigenvalue weighted by Crippen LogP contribution is 2.49. The fraction of sp³-hybridized carbons (Fsp3) is 0.682. The van der Waals surface area contributed by atoms with Crippen LogP contribution < -0.4 is 5.32 Å². The highest BCUT2D eigenvalue weighted by Gasteiger charge is 2.45. The number of aliphatic imine (C=N–C) groups is 1. The van der Waals surface area contributed by atoms with Gasteiger partial charge in [0.15, 0.2) is 5.96 Å². The number of ether oxygens (including phenoxy) is 2. The van der Waals surface area contributed by atoms with E-state index >= 15 is 0 Å². The molecule has 1 N–H and O–H groups in total. The smallest absolute Gasteiger partial charge is 0.194 e. The molecule has 2 unspecified atom stereocenters. The molecule has 2 atom stereocenters. The van der Waals surface area contributed by atoms with E-state index in [0.29, 0.717) is 0 Å². The second-order valence-corrected chi connectivity index (χ2v) is 8.17. The van der Waals surface area contributed by atoms with Crippen LogP contribution in [-0.4, -0.2) is 62.5 Å². The van der Waals surface area contributed by atoms with E-state index in [4.69, 9.17) is 14.5 Å². The summed E-state index contributed by atoms with van der Waals surface area (Å²) in [7, 11) is 0. The van der Waals surface area contributed by atoms with Gasteiger partial charge in [-0.2, -0.15) is 0 Å². The Labute approximate surface area is 163 Å². The molecule has 2 saturated heterocycles. The average molecular weight is 372 g/mol. The predicted molar refractivity (Wildman–Crippen MR) is 108 cm³/mol. The Morgan fingerprint density at radius 2 is 2.04 bits per heavy atom. The van der Waals surface area contributed by atoms with Crippen molar-refractivity contribution in [3.05, 3.63) is 35.4 Å². The third-order valence-electron chi connectivity index (χ3n) is 6.21. The second kappa shape index (κ2) is 8.19. The molecule has 148 valence electrons. The molecule has 2 aliphatic heterocycles. The molecule has 0 amide bonds. The molecule has 4 rings (SSSR count). The highest BCUT2D eigenvalue weighted by molar-refractivity contribution is 5.80. The van der Waals surface area contributed by atoms with Gasteiger partial charge in [0.1, 0.15) is 6.10 Å². The monoisotopic (exact) mass is 371 g/mol. The highest BCUT2D eigenvalue weighted by atomic mass is 16.5. The molecule has 1 saturated carbocycles. The lowest BCUT2D eigenvalue weighted by Gasteiger charge is -2.37. The first kappa shape index (κ1) is 18.8. The summed E-state index contributed by atoms with van der Waals surface area (Å²) in [5, 5.41) is 3.51. The average Bonchev–Trinajstić information content (AvgIpc) is 3.27. The number of morpholine rings is 1. The Balaban J connectivity index is 1.46. The van der Waals surface area contributed by atoms with E-state index in [9.17, 15) is 0 Å². The van der Waals surface area contributed by atoms with Gasteiger partial charge in [0, 0.05) is 31.7 Å². The van der Waals surface area contributed by atoms with Gasteiger partial charge in [-0.15, -0.1) is 0 Å². The summed E-state index contributed by atoms with van der Waals surface area (Å²) in [5.74, 6) is 1.03. The summed E-state index contributed by atoms with van der Waals surface area (Å²) in [4.78, 5) is 7.45. The van der Waals surface area contributed by atoms with E-state index in [1.54, 1.807) is 0 Å². The summed E-state index contributed by atoms with van der Waals surface area (Å²) < 4.78 is 11.9. The molecular formula is C22H33N3O2. The Hall–Kier alpha value is -1.59. The van der Waals surface area contributed by atoms with Gasteiger partial charge in [-0.1, -0.05) is 24.3 Å². The van der Waals surface area contributed by atoms with Gasteiger partial charge >= 0.3 is 0 Å². The molecule has 1 aliphatic carbocycles. The molecule has 27 heavy (non-hydrogen) atoms. The molecule has 2 heterocycles. The van der Waals surface area contributed by atoms with Crippen LogP contribution in [0.2, 0.25) is 0 Å². The van der Waals surface area contributed by atoms with E-state index in [2.05, 4.69) is 48.3 Å². The van der Waals surface area contributed by atoms with Crippen molar-refractivity contribution in [2.75, 3.05) is 39.4 Å². The van der Waals surface area contributed by atoms with Crippen molar-refractivity contribution < 1.29 is 9.47 Å². The number of rotatable bonds is 5. The number of nitrogens with zero attached hydrogens (tertiary/aromatic N) is 2. The Kier molecular flexibility index (Phi) is 5.69. The van der Waals surface area contributed by atoms with E-state index in [-0.39, 0.29) is 17.6 Å². The standard InChI is InChI=1S/C22H33N3O2/c1-3-23-21(25-12-14-27-20(15-25)19-9-6-13-26-19)24-16-22(10-11-22)18-8-5-4-7-17(18)2/h4-5,7-8,19-20H,3,6,9-16H2,1-2H3,(H,23,24). The minimum Gasteiger partial charge on any atom is -0.375 e. The number of hydrogen-bond acceptors (Lipinski definition) is 3. The lowest BCUT2D eigenvalue weighted by Crippen LogP contribution is -2.53. The van der Waals surface area contributed by atoms with Crippen molar-refractivity contribution in [3.8, 4) is 0 Å². The van der Waals surface area contributed by atoms with E-state index in [1.807, 2.05) is 0 Å². The van der Waals surface area contributed by atoms with Gasteiger partial charge in [0.05, 0.1) is 19.3 Å². The van der Waals surface area contributed by atoms with Crippen molar-refractivity contribution in [3.63, 3.8) is 0 Å². The van der Waals surface area contributed by atoms with Crippen LogP contribution in [0.5, 0.6) is 0 Å². The zero-order chi connectivity index (χ0) is 18.7. The lowest BCUT2D eigenvalue weighted by atomic mass is 9.92. The van der Waals surface area contributed by atoms with Crippen LogP contribution in [0.15, 0.2) is 29.3 Å². The third kappa shape index (κ3) is 4.14. The van der Waals surface area contributed by atoms with Gasteiger partial charge in [-0.05, 0) is 50.7 Å². The molecule has 1 aromatic carbocycles. The van der Waals surface area contributed by atoms with Crippen LogP contribution in [-0.2, 0) is 14.9 Å². The quantitative estimate of drug-likeness (QED) is 0.639. The summed E-state index contributed by atoms with van der Waals surface area (Å²) in [6.07, 6.45) is 5.15. The second-order valence-electron chi connectivity index (χ2n) is 8.17. The number of hydrogen-bond donors (Lipinski definition) is 1. The fourth-order valence-electron chi connectivity index (χ4n) is 4.47. The molecule has 0 bridgehead atoms. The van der Waals surface area contributed by atoms with Gasteiger partial charge in [0.2, 0.25) is 0 Å². The molecule has 5 heteroatoms. The minimum atomic E-state index is 0.163. The summed E-state index contributed by atoms with van der Waals surface area (Å²) in [6, 6.07) is 8.79. The fourth-order valence-corrected chi connectivity index (χ4v) is 4.47. The normalized spacial score (nSPS) is 27.6. The lowest BCUT2D eigenvalue weighted by molar-refractivity contribution is -0.0817. The zero-order valence-corrected chi connectivity index (χ0v) is 16.7. The first-order chi connectivity index (χ1) is 13.2. The van der Waals surface area contributed by atoms with Crippen molar-refractivity contribution in [2.45, 2.75) is 57.2 Å². The van der Waals surface area contributed by atoms with E-state index in [1.165, 1.54) is 24.0 Å². The molecule has 0 spiro atoms. The Bertz CT molecular complexity index is 665. The van der Waals surface area contributed by atoms with Gasteiger partial charge in [-0.25, -0.2) is 0 Å². The molecule has 5 nitrogen and oxygen atoms in total. The molecule has 3 fully saturated rings. The first-order valence-electron chi connectivity index (χ1n) is 10.5. The van der Waals surface area contributed by atoms with Crippen LogP contribution in [0.25, 0.3) is 0 Å². The zero-order valence-electron chi connectivity index (χ0n) is 16.7. The van der Waals surface area contributed by atoms with Crippen molar-refractivity contribution >= 4 is 5.96 Å². The predicted octanol–water partition coefficient (Wildman–Crippen LogP) is 2.87. The topological polar surface area (TPSA) is 46.1 Å². The Morgan fingerprint density at radius 3 is 2.74 bits per heavy atom. The largest absolute Gasteiger partial charge is 0.375 e. The van der Waals surface area contributed by atoms with Crippen LogP contribution in [0.3, 0.4) is 0 Å². The third-order valence-corrected chi connectivity index (χ3v) is 6.21. The Morgan fingerprint density at radius 1 is 1.22 bits per heavy atom. The van der Waals surface area contributed by atoms with Crippen molar-refractivity contribution in [2.24, 2.45) is 4.99 Å². The van der Waals surface area contributed by atoms with Crippen molar-refractivity contribution in [1.82, 2.24) is 10.2 Å². The minimum absolute atomic E-state index is 0.163. The molecule has 0 aromatic heterocycles. The summed E-state index contributed by atoms with van der Waals surface area (Å²) in [5.41, 5.74) is 3.11.